The molecule has 1 amide bonds. The number of sulfonamides is 1. The van der Waals surface area contributed by atoms with E-state index in [9.17, 15) is 26.9 Å². The van der Waals surface area contributed by atoms with Gasteiger partial charge in [0.2, 0.25) is 15.9 Å². The molecule has 2 aromatic rings. The van der Waals surface area contributed by atoms with Gasteiger partial charge in [0, 0.05) is 30.1 Å². The van der Waals surface area contributed by atoms with Gasteiger partial charge in [0.05, 0.1) is 15.4 Å². The lowest BCUT2D eigenvalue weighted by atomic mass is 9.97. The molecule has 2 heterocycles. The number of anilines is 1. The molecule has 11 heteroatoms. The van der Waals surface area contributed by atoms with Crippen molar-refractivity contribution in [2.45, 2.75) is 36.5 Å². The van der Waals surface area contributed by atoms with Crippen LogP contribution in [-0.4, -0.2) is 46.4 Å². The zero-order chi connectivity index (χ0) is 23.0. The first-order chi connectivity index (χ1) is 14.4. The van der Waals surface area contributed by atoms with E-state index in [2.05, 4.69) is 11.4 Å². The third-order valence-electron chi connectivity index (χ3n) is 5.43. The summed E-state index contributed by atoms with van der Waals surface area (Å²) in [7, 11) is -7.40. The van der Waals surface area contributed by atoms with E-state index in [1.807, 2.05) is 13.8 Å². The minimum atomic E-state index is -3.87. The number of benzene rings is 1. The fourth-order valence-electron chi connectivity index (χ4n) is 3.44. The summed E-state index contributed by atoms with van der Waals surface area (Å²) in [6.07, 6.45) is 1.70. The summed E-state index contributed by atoms with van der Waals surface area (Å²) in [5.41, 5.74) is 1.31. The number of hydrogen-bond acceptors (Lipinski definition) is 7. The molecule has 166 valence electrons. The van der Waals surface area contributed by atoms with Gasteiger partial charge >= 0.3 is 0 Å². The van der Waals surface area contributed by atoms with Crippen molar-refractivity contribution in [1.29, 1.82) is 5.26 Å². The Morgan fingerprint density at radius 3 is 2.35 bits per heavy atom. The lowest BCUT2D eigenvalue weighted by Crippen LogP contribution is -2.41. The zero-order valence-corrected chi connectivity index (χ0v) is 19.8. The number of nitrogens with zero attached hydrogens (tertiary/aromatic N) is 2. The summed E-state index contributed by atoms with van der Waals surface area (Å²) < 4.78 is 50.7. The van der Waals surface area contributed by atoms with Gasteiger partial charge < -0.3 is 5.32 Å². The highest BCUT2D eigenvalue weighted by molar-refractivity contribution is 7.91. The number of sulfone groups is 1. The van der Waals surface area contributed by atoms with Gasteiger partial charge in [-0.25, -0.2) is 16.8 Å². The van der Waals surface area contributed by atoms with Crippen molar-refractivity contribution < 1.29 is 21.6 Å². The summed E-state index contributed by atoms with van der Waals surface area (Å²) >= 11 is 1.35. The number of nitrogens with one attached hydrogen (secondary N) is 1. The van der Waals surface area contributed by atoms with E-state index in [0.717, 1.165) is 22.8 Å². The van der Waals surface area contributed by atoms with Gasteiger partial charge in [0.15, 0.2) is 9.84 Å². The van der Waals surface area contributed by atoms with E-state index in [1.54, 1.807) is 0 Å². The van der Waals surface area contributed by atoms with Gasteiger partial charge in [-0.1, -0.05) is 6.07 Å². The molecule has 0 radical (unpaired) electrons. The summed E-state index contributed by atoms with van der Waals surface area (Å²) in [4.78, 5) is 13.5. The summed E-state index contributed by atoms with van der Waals surface area (Å²) in [5, 5.41) is 12.7. The highest BCUT2D eigenvalue weighted by Gasteiger charge is 2.33. The van der Waals surface area contributed by atoms with Gasteiger partial charge in [-0.15, -0.1) is 11.3 Å². The summed E-state index contributed by atoms with van der Waals surface area (Å²) in [6, 6.07) is 7.41. The number of rotatable bonds is 5. The van der Waals surface area contributed by atoms with Crippen LogP contribution in [0.3, 0.4) is 0 Å². The van der Waals surface area contributed by atoms with Crippen molar-refractivity contribution in [3.05, 3.63) is 40.3 Å². The minimum Gasteiger partial charge on any atom is -0.316 e. The standard InChI is InChI=1S/C20H23N3O5S3/c1-13-14(2)29-20(18(13)12-21)22-19(24)15-7-9-23(10-8-15)31(27,28)17-6-4-5-16(11-17)30(3,25)26/h4-6,11,15H,7-10H2,1-3H3,(H,22,24). The molecule has 1 saturated heterocycles. The van der Waals surface area contributed by atoms with Crippen molar-refractivity contribution in [2.24, 2.45) is 5.92 Å². The molecule has 1 aromatic carbocycles. The predicted octanol–water partition coefficient (Wildman–Crippen LogP) is 2.68. The minimum absolute atomic E-state index is 0.0577. The second-order valence-corrected chi connectivity index (χ2v) is 12.7. The molecule has 1 N–H and O–H groups in total. The van der Waals surface area contributed by atoms with Crippen LogP contribution in [0.25, 0.3) is 0 Å². The van der Waals surface area contributed by atoms with E-state index in [4.69, 9.17) is 0 Å². The molecule has 1 fully saturated rings. The van der Waals surface area contributed by atoms with Crippen molar-refractivity contribution in [1.82, 2.24) is 4.31 Å². The van der Waals surface area contributed by atoms with E-state index >= 15 is 0 Å². The maximum Gasteiger partial charge on any atom is 0.243 e. The number of hydrogen-bond donors (Lipinski definition) is 1. The van der Waals surface area contributed by atoms with E-state index in [-0.39, 0.29) is 34.7 Å². The molecular weight excluding hydrogens is 458 g/mol. The highest BCUT2D eigenvalue weighted by Crippen LogP contribution is 2.33. The van der Waals surface area contributed by atoms with Crippen molar-refractivity contribution in [3.8, 4) is 6.07 Å². The summed E-state index contributed by atoms with van der Waals surface area (Å²) in [5.74, 6) is -0.600. The SMILES string of the molecule is Cc1sc(NC(=O)C2CCN(S(=O)(=O)c3cccc(S(C)(=O)=O)c3)CC2)c(C#N)c1C. The Balaban J connectivity index is 1.70. The Bertz CT molecular complexity index is 1270. The Morgan fingerprint density at radius 2 is 1.77 bits per heavy atom. The van der Waals surface area contributed by atoms with Crippen LogP contribution in [0.2, 0.25) is 0 Å². The van der Waals surface area contributed by atoms with Crippen molar-refractivity contribution >= 4 is 42.1 Å². The first kappa shape index (κ1) is 23.4. The Morgan fingerprint density at radius 1 is 1.16 bits per heavy atom. The maximum atomic E-state index is 13.0. The molecule has 1 aromatic heterocycles. The third-order valence-corrected chi connectivity index (χ3v) is 9.56. The summed E-state index contributed by atoms with van der Waals surface area (Å²) in [6.45, 7) is 4.02. The van der Waals surface area contributed by atoms with Gasteiger partial charge in [-0.05, 0) is 50.5 Å². The molecule has 0 atom stereocenters. The Labute approximate surface area is 186 Å². The number of nitriles is 1. The van der Waals surface area contributed by atoms with E-state index < -0.39 is 19.9 Å². The van der Waals surface area contributed by atoms with E-state index in [1.165, 1.54) is 33.8 Å². The second-order valence-electron chi connectivity index (χ2n) is 7.51. The van der Waals surface area contributed by atoms with Crippen LogP contribution in [-0.2, 0) is 24.7 Å². The molecule has 0 saturated carbocycles. The average molecular weight is 482 g/mol. The van der Waals surface area contributed by atoms with Crippen LogP contribution in [0.4, 0.5) is 5.00 Å². The highest BCUT2D eigenvalue weighted by atomic mass is 32.2. The van der Waals surface area contributed by atoms with Gasteiger partial charge in [0.25, 0.3) is 0 Å². The lowest BCUT2D eigenvalue weighted by Gasteiger charge is -2.30. The number of carbonyl (C=O) groups excluding carboxylic acids is 1. The predicted molar refractivity (Wildman–Crippen MR) is 118 cm³/mol. The average Bonchev–Trinajstić information content (AvgIpc) is 3.00. The van der Waals surface area contributed by atoms with Gasteiger partial charge in [-0.2, -0.15) is 9.57 Å². The van der Waals surface area contributed by atoms with Crippen molar-refractivity contribution in [2.75, 3.05) is 24.7 Å². The molecule has 3 rings (SSSR count). The number of aryl methyl sites for hydroxylation is 1. The smallest absolute Gasteiger partial charge is 0.243 e. The quantitative estimate of drug-likeness (QED) is 0.700. The molecule has 0 aliphatic carbocycles. The number of piperidine rings is 1. The first-order valence-corrected chi connectivity index (χ1v) is 13.7. The molecular formula is C20H23N3O5S3. The van der Waals surface area contributed by atoms with Gasteiger partial charge in [0.1, 0.15) is 11.1 Å². The molecule has 0 unspecified atom stereocenters. The lowest BCUT2D eigenvalue weighted by molar-refractivity contribution is -0.120. The number of carbonyl (C=O) groups is 1. The van der Waals surface area contributed by atoms with Crippen LogP contribution in [0.15, 0.2) is 34.1 Å². The topological polar surface area (TPSA) is 124 Å². The van der Waals surface area contributed by atoms with Crippen LogP contribution >= 0.6 is 11.3 Å². The van der Waals surface area contributed by atoms with Gasteiger partial charge in [-0.3, -0.25) is 4.79 Å². The third kappa shape index (κ3) is 4.82. The van der Waals surface area contributed by atoms with Crippen LogP contribution in [0, 0.1) is 31.1 Å². The van der Waals surface area contributed by atoms with Crippen LogP contribution < -0.4 is 5.32 Å². The normalized spacial score (nSPS) is 16.1. The Hall–Kier alpha value is -2.26. The van der Waals surface area contributed by atoms with Crippen LogP contribution in [0.5, 0.6) is 0 Å². The molecule has 1 aliphatic heterocycles. The molecule has 1 aliphatic rings. The maximum absolute atomic E-state index is 13.0. The zero-order valence-electron chi connectivity index (χ0n) is 17.4. The number of thiophene rings is 1. The molecule has 0 spiro atoms. The van der Waals surface area contributed by atoms with Crippen LogP contribution in [0.1, 0.15) is 28.8 Å². The second kappa shape index (κ2) is 8.70. The Kier molecular flexibility index (Phi) is 6.57. The fraction of sp³-hybridized carbons (Fsp3) is 0.400. The largest absolute Gasteiger partial charge is 0.316 e. The molecule has 8 nitrogen and oxygen atoms in total. The first-order valence-electron chi connectivity index (χ1n) is 9.56. The van der Waals surface area contributed by atoms with E-state index in [0.29, 0.717) is 23.4 Å². The number of amides is 1. The van der Waals surface area contributed by atoms with Crippen molar-refractivity contribution in [3.63, 3.8) is 0 Å². The monoisotopic (exact) mass is 481 g/mol. The molecule has 0 bridgehead atoms. The molecule has 31 heavy (non-hydrogen) atoms. The fourth-order valence-corrected chi connectivity index (χ4v) is 6.71.